The van der Waals surface area contributed by atoms with Crippen molar-refractivity contribution in [2.45, 2.75) is 64.7 Å². The van der Waals surface area contributed by atoms with Gasteiger partial charge in [-0.15, -0.1) is 0 Å². The van der Waals surface area contributed by atoms with Crippen LogP contribution in [-0.4, -0.2) is 96.3 Å². The predicted molar refractivity (Wildman–Crippen MR) is 142 cm³/mol. The third-order valence-corrected chi connectivity index (χ3v) is 5.52. The molecule has 0 aliphatic heterocycles. The van der Waals surface area contributed by atoms with E-state index < -0.39 is 0 Å². The van der Waals surface area contributed by atoms with E-state index in [1.54, 1.807) is 0 Å². The lowest BCUT2D eigenvalue weighted by molar-refractivity contribution is -0.145. The maximum atomic E-state index is 11.5. The largest absolute Gasteiger partial charge is 0.463 e. The normalized spacial score (nSPS) is 11.2. The number of esters is 1. The van der Waals surface area contributed by atoms with Gasteiger partial charge in [-0.05, 0) is 23.7 Å². The van der Waals surface area contributed by atoms with E-state index in [0.29, 0.717) is 85.7 Å². The molecule has 0 aromatic carbocycles. The molecule has 0 spiro atoms. The summed E-state index contributed by atoms with van der Waals surface area (Å²) in [5, 5.41) is 0. The van der Waals surface area contributed by atoms with E-state index in [9.17, 15) is 4.79 Å². The van der Waals surface area contributed by atoms with Crippen LogP contribution in [0, 0.1) is 0 Å². The molecule has 0 atom stereocenters. The van der Waals surface area contributed by atoms with Crippen LogP contribution in [-0.2, 0) is 38.0 Å². The molecule has 8 nitrogen and oxygen atoms in total. The number of halogens is 1. The summed E-state index contributed by atoms with van der Waals surface area (Å²) in [5.74, 6) is -0.141. The average Bonchev–Trinajstić information content (AvgIpc) is 2.84. The molecule has 34 heavy (non-hydrogen) atoms. The quantitative estimate of drug-likeness (QED) is 0.0531. The fourth-order valence-corrected chi connectivity index (χ4v) is 3.38. The fourth-order valence-electron chi connectivity index (χ4n) is 2.84. The van der Waals surface area contributed by atoms with Crippen molar-refractivity contribution in [3.63, 3.8) is 0 Å². The van der Waals surface area contributed by atoms with Gasteiger partial charge in [0, 0.05) is 13.0 Å². The molecule has 0 aromatic heterocycles. The van der Waals surface area contributed by atoms with Gasteiger partial charge in [0.2, 0.25) is 0 Å². The molecule has 0 N–H and O–H groups in total. The standard InChI is InChI=1S/C25H49IO8/c1-2-3-4-7-10-25(27)34-24-23-33-22-21-32-20-19-31-18-17-30-16-15-29-14-13-28-12-9-6-5-8-11-26/h2-24H2,1H3. The summed E-state index contributed by atoms with van der Waals surface area (Å²) in [4.78, 5) is 11.5. The lowest BCUT2D eigenvalue weighted by atomic mass is 10.2. The Morgan fingerprint density at radius 2 is 0.912 bits per heavy atom. The van der Waals surface area contributed by atoms with Crippen LogP contribution in [0.25, 0.3) is 0 Å². The molecule has 0 saturated carbocycles. The zero-order valence-electron chi connectivity index (χ0n) is 21.4. The Kier molecular flexibility index (Phi) is 31.0. The number of carbonyl (C=O) groups is 1. The Labute approximate surface area is 221 Å². The van der Waals surface area contributed by atoms with E-state index in [4.69, 9.17) is 33.2 Å². The van der Waals surface area contributed by atoms with Crippen molar-refractivity contribution in [1.82, 2.24) is 0 Å². The topological polar surface area (TPSA) is 81.7 Å². The molecule has 0 radical (unpaired) electrons. The Bertz CT molecular complexity index is 401. The lowest BCUT2D eigenvalue weighted by Gasteiger charge is -2.08. The van der Waals surface area contributed by atoms with Crippen molar-refractivity contribution < 1.29 is 38.0 Å². The molecule has 0 aliphatic carbocycles. The molecule has 0 amide bonds. The molecule has 204 valence electrons. The monoisotopic (exact) mass is 604 g/mol. The second kappa shape index (κ2) is 31.0. The Balaban J connectivity index is 3.07. The summed E-state index contributed by atoms with van der Waals surface area (Å²) in [7, 11) is 0. The lowest BCUT2D eigenvalue weighted by Crippen LogP contribution is -2.15. The summed E-state index contributed by atoms with van der Waals surface area (Å²) in [6.07, 6.45) is 9.80. The first-order valence-corrected chi connectivity index (χ1v) is 14.5. The second-order valence-corrected chi connectivity index (χ2v) is 8.89. The van der Waals surface area contributed by atoms with Gasteiger partial charge in [0.15, 0.2) is 0 Å². The average molecular weight is 605 g/mol. The van der Waals surface area contributed by atoms with Crippen LogP contribution in [0.2, 0.25) is 0 Å². The number of alkyl halides is 1. The van der Waals surface area contributed by atoms with Gasteiger partial charge in [-0.1, -0.05) is 61.6 Å². The molecular formula is C25H49IO8. The number of unbranched alkanes of at least 4 members (excludes halogenated alkanes) is 6. The summed E-state index contributed by atoms with van der Waals surface area (Å²) in [6.45, 7) is 9.12. The van der Waals surface area contributed by atoms with Gasteiger partial charge in [0.25, 0.3) is 0 Å². The number of rotatable bonds is 29. The molecule has 0 saturated heterocycles. The second-order valence-electron chi connectivity index (χ2n) is 7.81. The van der Waals surface area contributed by atoms with Crippen molar-refractivity contribution in [3.8, 4) is 0 Å². The van der Waals surface area contributed by atoms with Crippen molar-refractivity contribution >= 4 is 28.6 Å². The fraction of sp³-hybridized carbons (Fsp3) is 0.960. The van der Waals surface area contributed by atoms with Crippen LogP contribution in [0.15, 0.2) is 0 Å². The van der Waals surface area contributed by atoms with Crippen molar-refractivity contribution in [2.24, 2.45) is 0 Å². The zero-order chi connectivity index (χ0) is 24.8. The highest BCUT2D eigenvalue weighted by atomic mass is 127. The molecule has 0 aliphatic rings. The van der Waals surface area contributed by atoms with Gasteiger partial charge < -0.3 is 33.2 Å². The van der Waals surface area contributed by atoms with Crippen LogP contribution in [0.3, 0.4) is 0 Å². The summed E-state index contributed by atoms with van der Waals surface area (Å²) in [5.41, 5.74) is 0. The SMILES string of the molecule is CCCCCCC(=O)OCCOCCOCCOCCOCCOCCOCCCCCCI. The Morgan fingerprint density at radius 3 is 1.38 bits per heavy atom. The summed E-state index contributed by atoms with van der Waals surface area (Å²) < 4.78 is 39.1. The maximum Gasteiger partial charge on any atom is 0.305 e. The van der Waals surface area contributed by atoms with E-state index in [1.807, 2.05) is 0 Å². The maximum absolute atomic E-state index is 11.5. The Hall–Kier alpha value is -0.0400. The number of ether oxygens (including phenoxy) is 7. The van der Waals surface area contributed by atoms with Gasteiger partial charge in [0.05, 0.1) is 72.7 Å². The molecule has 0 aromatic rings. The van der Waals surface area contributed by atoms with Crippen LogP contribution in [0.5, 0.6) is 0 Å². The van der Waals surface area contributed by atoms with Crippen molar-refractivity contribution in [2.75, 3.05) is 90.3 Å². The third-order valence-electron chi connectivity index (χ3n) is 4.76. The molecule has 0 unspecified atom stereocenters. The van der Waals surface area contributed by atoms with Crippen molar-refractivity contribution in [1.29, 1.82) is 0 Å². The van der Waals surface area contributed by atoms with E-state index in [1.165, 1.54) is 30.1 Å². The van der Waals surface area contributed by atoms with Gasteiger partial charge in [-0.25, -0.2) is 0 Å². The number of carbonyl (C=O) groups excluding carboxylic acids is 1. The Morgan fingerprint density at radius 1 is 0.500 bits per heavy atom. The van der Waals surface area contributed by atoms with Crippen LogP contribution >= 0.6 is 22.6 Å². The highest BCUT2D eigenvalue weighted by Gasteiger charge is 2.02. The third kappa shape index (κ3) is 30.0. The molecule has 0 rings (SSSR count). The highest BCUT2D eigenvalue weighted by molar-refractivity contribution is 14.1. The summed E-state index contributed by atoms with van der Waals surface area (Å²) in [6, 6.07) is 0. The van der Waals surface area contributed by atoms with Gasteiger partial charge >= 0.3 is 5.97 Å². The minimum Gasteiger partial charge on any atom is -0.463 e. The first-order chi connectivity index (χ1) is 16.8. The molecule has 0 heterocycles. The highest BCUT2D eigenvalue weighted by Crippen LogP contribution is 2.03. The minimum atomic E-state index is -0.141. The molecule has 9 heteroatoms. The van der Waals surface area contributed by atoms with Gasteiger partial charge in [0.1, 0.15) is 6.61 Å². The first-order valence-electron chi connectivity index (χ1n) is 13.0. The first kappa shape index (κ1) is 34.0. The molecular weight excluding hydrogens is 555 g/mol. The molecule has 0 fully saturated rings. The zero-order valence-corrected chi connectivity index (χ0v) is 23.6. The number of hydrogen-bond acceptors (Lipinski definition) is 8. The van der Waals surface area contributed by atoms with E-state index in [-0.39, 0.29) is 5.97 Å². The minimum absolute atomic E-state index is 0.141. The number of hydrogen-bond donors (Lipinski definition) is 0. The summed E-state index contributed by atoms with van der Waals surface area (Å²) >= 11 is 2.42. The smallest absolute Gasteiger partial charge is 0.305 e. The van der Waals surface area contributed by atoms with Gasteiger partial charge in [-0.2, -0.15) is 0 Å². The van der Waals surface area contributed by atoms with Crippen molar-refractivity contribution in [3.05, 3.63) is 0 Å². The predicted octanol–water partition coefficient (Wildman–Crippen LogP) is 4.60. The van der Waals surface area contributed by atoms with E-state index in [2.05, 4.69) is 29.5 Å². The molecule has 0 bridgehead atoms. The van der Waals surface area contributed by atoms with Crippen LogP contribution in [0.4, 0.5) is 0 Å². The van der Waals surface area contributed by atoms with Crippen LogP contribution in [0.1, 0.15) is 64.7 Å². The van der Waals surface area contributed by atoms with E-state index in [0.717, 1.165) is 32.3 Å². The van der Waals surface area contributed by atoms with E-state index >= 15 is 0 Å². The van der Waals surface area contributed by atoms with Gasteiger partial charge in [-0.3, -0.25) is 4.79 Å². The van der Waals surface area contributed by atoms with Crippen LogP contribution < -0.4 is 0 Å².